The summed E-state index contributed by atoms with van der Waals surface area (Å²) >= 11 is 5.79. The second kappa shape index (κ2) is 6.99. The van der Waals surface area contributed by atoms with Crippen LogP contribution in [0.15, 0.2) is 48.5 Å². The number of rotatable bonds is 5. The van der Waals surface area contributed by atoms with Crippen LogP contribution in [0.4, 0.5) is 5.69 Å². The number of halogens is 1. The number of para-hydroxylation sites is 1. The Morgan fingerprint density at radius 2 is 1.70 bits per heavy atom. The fourth-order valence-corrected chi connectivity index (χ4v) is 2.29. The summed E-state index contributed by atoms with van der Waals surface area (Å²) in [4.78, 5) is 12.3. The quantitative estimate of drug-likeness (QED) is 0.895. The summed E-state index contributed by atoms with van der Waals surface area (Å²) in [5, 5.41) is 3.20. The highest BCUT2D eigenvalue weighted by atomic mass is 35.5. The molecule has 0 fully saturated rings. The van der Waals surface area contributed by atoms with Gasteiger partial charge in [0.1, 0.15) is 0 Å². The van der Waals surface area contributed by atoms with Crippen LogP contribution in [0.1, 0.15) is 10.4 Å². The summed E-state index contributed by atoms with van der Waals surface area (Å²) in [5.41, 5.74) is 0.637. The molecular weight excluding hydrogens is 340 g/mol. The smallest absolute Gasteiger partial charge is 0.370 e. The maximum atomic E-state index is 12.3. The van der Waals surface area contributed by atoms with E-state index < -0.39 is 16.2 Å². The van der Waals surface area contributed by atoms with E-state index in [-0.39, 0.29) is 11.3 Å². The van der Waals surface area contributed by atoms with Gasteiger partial charge in [-0.3, -0.25) is 4.79 Å². The van der Waals surface area contributed by atoms with Crippen LogP contribution in [-0.2, 0) is 10.3 Å². The van der Waals surface area contributed by atoms with Gasteiger partial charge in [-0.25, -0.2) is 0 Å². The number of carbonyl (C=O) groups excluding carboxylic acids is 1. The minimum Gasteiger partial charge on any atom is -0.370 e. The van der Waals surface area contributed by atoms with E-state index in [1.807, 2.05) is 0 Å². The first-order chi connectivity index (χ1) is 10.8. The SMILES string of the molecule is CN(C)S(=O)(=O)Oc1ccccc1C(=O)Nc1ccc(Cl)cc1. The second-order valence-electron chi connectivity index (χ2n) is 4.78. The average Bonchev–Trinajstić information content (AvgIpc) is 2.49. The van der Waals surface area contributed by atoms with Gasteiger partial charge in [0.25, 0.3) is 5.91 Å². The van der Waals surface area contributed by atoms with Crippen molar-refractivity contribution in [3.05, 3.63) is 59.1 Å². The fourth-order valence-electron chi connectivity index (χ4n) is 1.65. The summed E-state index contributed by atoms with van der Waals surface area (Å²) in [6, 6.07) is 12.6. The maximum absolute atomic E-state index is 12.3. The second-order valence-corrected chi connectivity index (χ2v) is 6.97. The first-order valence-corrected chi connectivity index (χ1v) is 8.32. The molecule has 0 bridgehead atoms. The molecule has 0 atom stereocenters. The van der Waals surface area contributed by atoms with E-state index in [9.17, 15) is 13.2 Å². The molecule has 0 unspecified atom stereocenters. The van der Waals surface area contributed by atoms with E-state index in [0.717, 1.165) is 4.31 Å². The lowest BCUT2D eigenvalue weighted by molar-refractivity contribution is 0.102. The summed E-state index contributed by atoms with van der Waals surface area (Å²) in [7, 11) is -1.27. The Labute approximate surface area is 139 Å². The predicted molar refractivity (Wildman–Crippen MR) is 89.1 cm³/mol. The van der Waals surface area contributed by atoms with E-state index in [1.165, 1.54) is 26.2 Å². The van der Waals surface area contributed by atoms with Crippen LogP contribution in [0.3, 0.4) is 0 Å². The average molecular weight is 355 g/mol. The Morgan fingerprint density at radius 1 is 1.09 bits per heavy atom. The van der Waals surface area contributed by atoms with Gasteiger partial charge in [0, 0.05) is 24.8 Å². The van der Waals surface area contributed by atoms with Crippen LogP contribution in [0, 0.1) is 0 Å². The lowest BCUT2D eigenvalue weighted by atomic mass is 10.2. The highest BCUT2D eigenvalue weighted by Crippen LogP contribution is 2.22. The molecule has 2 aromatic carbocycles. The van der Waals surface area contributed by atoms with Gasteiger partial charge in [-0.1, -0.05) is 23.7 Å². The molecule has 0 aromatic heterocycles. The van der Waals surface area contributed by atoms with Crippen LogP contribution >= 0.6 is 11.6 Å². The molecule has 2 aromatic rings. The summed E-state index contributed by atoms with van der Waals surface area (Å²) in [6.07, 6.45) is 0. The van der Waals surface area contributed by atoms with Gasteiger partial charge in [0.05, 0.1) is 5.56 Å². The van der Waals surface area contributed by atoms with Crippen molar-refractivity contribution in [2.24, 2.45) is 0 Å². The molecule has 0 aliphatic heterocycles. The van der Waals surface area contributed by atoms with Crippen molar-refractivity contribution in [1.29, 1.82) is 0 Å². The van der Waals surface area contributed by atoms with Crippen LogP contribution in [0.2, 0.25) is 5.02 Å². The lowest BCUT2D eigenvalue weighted by Gasteiger charge is -2.14. The fraction of sp³-hybridized carbons (Fsp3) is 0.133. The van der Waals surface area contributed by atoms with Crippen molar-refractivity contribution in [3.8, 4) is 5.75 Å². The number of benzene rings is 2. The molecule has 0 saturated carbocycles. The van der Waals surface area contributed by atoms with Crippen LogP contribution in [0.5, 0.6) is 5.75 Å². The van der Waals surface area contributed by atoms with Crippen molar-refractivity contribution in [1.82, 2.24) is 4.31 Å². The summed E-state index contributed by atoms with van der Waals surface area (Å²) in [6.45, 7) is 0. The third kappa shape index (κ3) is 4.44. The molecule has 122 valence electrons. The third-order valence-electron chi connectivity index (χ3n) is 2.88. The van der Waals surface area contributed by atoms with Crippen molar-refractivity contribution in [2.45, 2.75) is 0 Å². The largest absolute Gasteiger partial charge is 0.384 e. The molecule has 0 heterocycles. The number of anilines is 1. The number of hydrogen-bond acceptors (Lipinski definition) is 4. The molecule has 6 nitrogen and oxygen atoms in total. The van der Waals surface area contributed by atoms with E-state index in [4.69, 9.17) is 15.8 Å². The van der Waals surface area contributed by atoms with Gasteiger partial charge in [0.15, 0.2) is 5.75 Å². The van der Waals surface area contributed by atoms with E-state index >= 15 is 0 Å². The Balaban J connectivity index is 2.26. The van der Waals surface area contributed by atoms with Gasteiger partial charge >= 0.3 is 10.3 Å². The minimum absolute atomic E-state index is 0.0485. The molecule has 0 radical (unpaired) electrons. The molecule has 2 rings (SSSR count). The maximum Gasteiger partial charge on any atom is 0.384 e. The standard InChI is InChI=1S/C15H15ClN2O4S/c1-18(2)23(20,21)22-14-6-4-3-5-13(14)15(19)17-12-9-7-11(16)8-10-12/h3-10H,1-2H3,(H,17,19). The molecule has 1 N–H and O–H groups in total. The number of carbonyl (C=O) groups is 1. The molecule has 1 amide bonds. The predicted octanol–water partition coefficient (Wildman–Crippen LogP) is 2.78. The van der Waals surface area contributed by atoms with E-state index in [0.29, 0.717) is 10.7 Å². The highest BCUT2D eigenvalue weighted by molar-refractivity contribution is 7.84. The number of nitrogens with zero attached hydrogens (tertiary/aromatic N) is 1. The first kappa shape index (κ1) is 17.3. The molecule has 8 heteroatoms. The summed E-state index contributed by atoms with van der Waals surface area (Å²) < 4.78 is 29.6. The molecule has 0 saturated heterocycles. The molecule has 0 aliphatic rings. The monoisotopic (exact) mass is 354 g/mol. The van der Waals surface area contributed by atoms with Gasteiger partial charge in [-0.15, -0.1) is 0 Å². The van der Waals surface area contributed by atoms with Gasteiger partial charge in [-0.05, 0) is 36.4 Å². The Bertz CT molecular complexity index is 804. The van der Waals surface area contributed by atoms with Gasteiger partial charge in [0.2, 0.25) is 0 Å². The number of amides is 1. The molecule has 23 heavy (non-hydrogen) atoms. The third-order valence-corrected chi connectivity index (χ3v) is 4.41. The zero-order valence-corrected chi connectivity index (χ0v) is 14.1. The minimum atomic E-state index is -3.95. The molecule has 0 aliphatic carbocycles. The Morgan fingerprint density at radius 3 is 2.30 bits per heavy atom. The first-order valence-electron chi connectivity index (χ1n) is 6.57. The van der Waals surface area contributed by atoms with E-state index in [1.54, 1.807) is 36.4 Å². The van der Waals surface area contributed by atoms with Crippen molar-refractivity contribution < 1.29 is 17.4 Å². The zero-order chi connectivity index (χ0) is 17.0. The Hall–Kier alpha value is -2.09. The topological polar surface area (TPSA) is 75.7 Å². The number of nitrogens with one attached hydrogen (secondary N) is 1. The zero-order valence-electron chi connectivity index (χ0n) is 12.5. The van der Waals surface area contributed by atoms with Crippen LogP contribution in [-0.4, -0.2) is 32.7 Å². The lowest BCUT2D eigenvalue weighted by Crippen LogP contribution is -2.28. The van der Waals surface area contributed by atoms with Gasteiger partial charge in [-0.2, -0.15) is 12.7 Å². The van der Waals surface area contributed by atoms with Crippen molar-refractivity contribution in [3.63, 3.8) is 0 Å². The molecule has 0 spiro atoms. The normalized spacial score (nSPS) is 11.3. The van der Waals surface area contributed by atoms with Crippen LogP contribution in [0.25, 0.3) is 0 Å². The Kier molecular flexibility index (Phi) is 5.25. The van der Waals surface area contributed by atoms with Crippen molar-refractivity contribution in [2.75, 3.05) is 19.4 Å². The summed E-state index contributed by atoms with van der Waals surface area (Å²) in [5.74, 6) is -0.537. The molecular formula is C15H15ClN2O4S. The van der Waals surface area contributed by atoms with Gasteiger partial charge < -0.3 is 9.50 Å². The van der Waals surface area contributed by atoms with E-state index in [2.05, 4.69) is 5.32 Å². The van der Waals surface area contributed by atoms with Crippen LogP contribution < -0.4 is 9.50 Å². The number of hydrogen-bond donors (Lipinski definition) is 1. The highest BCUT2D eigenvalue weighted by Gasteiger charge is 2.20. The van der Waals surface area contributed by atoms with Crippen molar-refractivity contribution >= 4 is 33.5 Å².